The summed E-state index contributed by atoms with van der Waals surface area (Å²) in [4.78, 5) is 2.82. The molecule has 30 heavy (non-hydrogen) atoms. The van der Waals surface area contributed by atoms with Crippen LogP contribution in [-0.4, -0.2) is 36.0 Å². The summed E-state index contributed by atoms with van der Waals surface area (Å²) in [6.07, 6.45) is 6.95. The molecule has 1 fully saturated rings. The maximum atomic E-state index is 5.86. The number of nitrogens with zero attached hydrogens (tertiary/aromatic N) is 6. The second-order valence-electron chi connectivity index (χ2n) is 8.60. The molecule has 0 spiro atoms. The molecule has 0 amide bonds. The molecule has 0 bridgehead atoms. The Morgan fingerprint density at radius 3 is 2.70 bits per heavy atom. The molecule has 5 rings (SSSR count). The highest BCUT2D eigenvalue weighted by Gasteiger charge is 2.32. The molecule has 2 aromatic heterocycles. The molecule has 0 aliphatic carbocycles. The van der Waals surface area contributed by atoms with E-state index in [0.717, 1.165) is 49.6 Å². The Bertz CT molecular complexity index is 1090. The van der Waals surface area contributed by atoms with Crippen LogP contribution in [0.1, 0.15) is 60.9 Å². The van der Waals surface area contributed by atoms with Crippen LogP contribution in [-0.2, 0) is 19.6 Å². The Balaban J connectivity index is 1.40. The molecular weight excluding hydrogens is 396 g/mol. The summed E-state index contributed by atoms with van der Waals surface area (Å²) in [5.74, 6) is 2.83. The molecule has 1 saturated heterocycles. The van der Waals surface area contributed by atoms with Gasteiger partial charge in [-0.15, -0.1) is 15.3 Å². The normalized spacial score (nSPS) is 19.7. The van der Waals surface area contributed by atoms with Crippen LogP contribution in [0.25, 0.3) is 11.5 Å². The molecule has 7 nitrogen and oxygen atoms in total. The molecule has 1 atom stereocenters. The monoisotopic (exact) mass is 424 g/mol. The van der Waals surface area contributed by atoms with E-state index in [0.29, 0.717) is 17.4 Å². The second-order valence-corrected chi connectivity index (χ2v) is 8.95. The third-order valence-electron chi connectivity index (χ3n) is 6.19. The van der Waals surface area contributed by atoms with Gasteiger partial charge in [0.25, 0.3) is 4.84 Å². The number of hydrogen-bond acceptors (Lipinski definition) is 6. The SMILES string of the molecule is Cc1cc(C)cc(-c2nn(CN3CCCC3c3nnc4n3CCCCC4)c(=S)o2)c1. The van der Waals surface area contributed by atoms with Gasteiger partial charge in [-0.1, -0.05) is 23.6 Å². The summed E-state index contributed by atoms with van der Waals surface area (Å²) < 4.78 is 10.0. The number of rotatable bonds is 4. The maximum absolute atomic E-state index is 5.86. The van der Waals surface area contributed by atoms with E-state index >= 15 is 0 Å². The molecule has 1 aromatic carbocycles. The molecule has 3 aromatic rings. The first-order valence-electron chi connectivity index (χ1n) is 10.9. The van der Waals surface area contributed by atoms with Crippen LogP contribution in [0.3, 0.4) is 0 Å². The molecule has 8 heteroatoms. The predicted molar refractivity (Wildman–Crippen MR) is 116 cm³/mol. The van der Waals surface area contributed by atoms with Gasteiger partial charge in [-0.05, 0) is 63.9 Å². The Hall–Kier alpha value is -2.32. The quantitative estimate of drug-likeness (QED) is 0.570. The molecule has 0 N–H and O–H groups in total. The highest BCUT2D eigenvalue weighted by molar-refractivity contribution is 7.71. The van der Waals surface area contributed by atoms with E-state index in [2.05, 4.69) is 51.7 Å². The van der Waals surface area contributed by atoms with Gasteiger partial charge in [-0.3, -0.25) is 4.90 Å². The van der Waals surface area contributed by atoms with Crippen LogP contribution in [0.5, 0.6) is 0 Å². The lowest BCUT2D eigenvalue weighted by atomic mass is 10.1. The maximum Gasteiger partial charge on any atom is 0.288 e. The van der Waals surface area contributed by atoms with Crippen LogP contribution >= 0.6 is 12.2 Å². The largest absolute Gasteiger partial charge is 0.409 e. The van der Waals surface area contributed by atoms with Crippen LogP contribution < -0.4 is 0 Å². The average Bonchev–Trinajstić information content (AvgIpc) is 3.37. The molecule has 0 radical (unpaired) electrons. The molecule has 2 aliphatic heterocycles. The van der Waals surface area contributed by atoms with Crippen molar-refractivity contribution in [1.82, 2.24) is 29.4 Å². The molecular formula is C22H28N6OS. The zero-order chi connectivity index (χ0) is 20.7. The lowest BCUT2D eigenvalue weighted by Crippen LogP contribution is -2.29. The van der Waals surface area contributed by atoms with Gasteiger partial charge in [0, 0.05) is 25.1 Å². The third-order valence-corrected chi connectivity index (χ3v) is 6.48. The van der Waals surface area contributed by atoms with E-state index in [1.54, 1.807) is 4.68 Å². The Labute approximate surface area is 181 Å². The van der Waals surface area contributed by atoms with Crippen molar-refractivity contribution in [2.45, 2.75) is 71.6 Å². The lowest BCUT2D eigenvalue weighted by molar-refractivity contribution is 0.178. The molecule has 2 aliphatic rings. The standard InChI is InChI=1S/C22H28N6OS/c1-15-11-16(2)13-17(12-15)21-25-28(22(30)29-21)14-26-9-6-7-18(26)20-24-23-19-8-4-3-5-10-27(19)20/h11-13,18H,3-10,14H2,1-2H3. The summed E-state index contributed by atoms with van der Waals surface area (Å²) >= 11 is 5.50. The van der Waals surface area contributed by atoms with E-state index in [4.69, 9.17) is 21.7 Å². The van der Waals surface area contributed by atoms with Gasteiger partial charge in [-0.2, -0.15) is 0 Å². The van der Waals surface area contributed by atoms with Gasteiger partial charge in [-0.25, -0.2) is 4.68 Å². The fraction of sp³-hybridized carbons (Fsp3) is 0.545. The van der Waals surface area contributed by atoms with E-state index < -0.39 is 0 Å². The van der Waals surface area contributed by atoms with Gasteiger partial charge in [0.2, 0.25) is 5.89 Å². The van der Waals surface area contributed by atoms with Crippen molar-refractivity contribution in [2.75, 3.05) is 6.54 Å². The minimum atomic E-state index is 0.257. The summed E-state index contributed by atoms with van der Waals surface area (Å²) in [6, 6.07) is 6.57. The van der Waals surface area contributed by atoms with E-state index in [9.17, 15) is 0 Å². The van der Waals surface area contributed by atoms with Gasteiger partial charge in [0.05, 0.1) is 12.7 Å². The smallest absolute Gasteiger partial charge is 0.288 e. The Morgan fingerprint density at radius 1 is 1.03 bits per heavy atom. The lowest BCUT2D eigenvalue weighted by Gasteiger charge is -2.23. The highest BCUT2D eigenvalue weighted by atomic mass is 32.1. The molecule has 4 heterocycles. The van der Waals surface area contributed by atoms with E-state index in [1.165, 1.54) is 30.4 Å². The Kier molecular flexibility index (Phi) is 5.28. The minimum absolute atomic E-state index is 0.257. The topological polar surface area (TPSA) is 64.9 Å². The summed E-state index contributed by atoms with van der Waals surface area (Å²) in [7, 11) is 0. The van der Waals surface area contributed by atoms with Crippen LogP contribution in [0.4, 0.5) is 0 Å². The van der Waals surface area contributed by atoms with Crippen molar-refractivity contribution in [3.63, 3.8) is 0 Å². The molecule has 1 unspecified atom stereocenters. The fourth-order valence-corrected chi connectivity index (χ4v) is 5.00. The van der Waals surface area contributed by atoms with Crippen molar-refractivity contribution in [3.8, 4) is 11.5 Å². The van der Waals surface area contributed by atoms with E-state index in [1.807, 2.05) is 0 Å². The number of fused-ring (bicyclic) bond motifs is 1. The van der Waals surface area contributed by atoms with Gasteiger partial charge < -0.3 is 8.98 Å². The van der Waals surface area contributed by atoms with Gasteiger partial charge in [0.1, 0.15) is 11.6 Å². The van der Waals surface area contributed by atoms with Crippen molar-refractivity contribution in [3.05, 3.63) is 45.8 Å². The zero-order valence-corrected chi connectivity index (χ0v) is 18.5. The zero-order valence-electron chi connectivity index (χ0n) is 17.7. The van der Waals surface area contributed by atoms with Crippen LogP contribution in [0, 0.1) is 18.7 Å². The molecule has 158 valence electrons. The van der Waals surface area contributed by atoms with Crippen molar-refractivity contribution in [2.24, 2.45) is 0 Å². The fourth-order valence-electron chi connectivity index (χ4n) is 4.82. The van der Waals surface area contributed by atoms with Crippen molar-refractivity contribution in [1.29, 1.82) is 0 Å². The second kappa shape index (κ2) is 8.07. The minimum Gasteiger partial charge on any atom is -0.409 e. The summed E-state index contributed by atoms with van der Waals surface area (Å²) in [6.45, 7) is 6.81. The average molecular weight is 425 g/mol. The van der Waals surface area contributed by atoms with E-state index in [-0.39, 0.29) is 6.04 Å². The van der Waals surface area contributed by atoms with Gasteiger partial charge >= 0.3 is 0 Å². The molecule has 0 saturated carbocycles. The van der Waals surface area contributed by atoms with Crippen molar-refractivity contribution >= 4 is 12.2 Å². The van der Waals surface area contributed by atoms with Crippen LogP contribution in [0.15, 0.2) is 22.6 Å². The first-order valence-corrected chi connectivity index (χ1v) is 11.3. The third kappa shape index (κ3) is 3.74. The van der Waals surface area contributed by atoms with Gasteiger partial charge in [0.15, 0.2) is 0 Å². The summed E-state index contributed by atoms with van der Waals surface area (Å²) in [5, 5.41) is 13.8. The Morgan fingerprint density at radius 2 is 1.87 bits per heavy atom. The number of aromatic nitrogens is 5. The van der Waals surface area contributed by atoms with Crippen LogP contribution in [0.2, 0.25) is 0 Å². The summed E-state index contributed by atoms with van der Waals surface area (Å²) in [5.41, 5.74) is 3.35. The van der Waals surface area contributed by atoms with Crippen molar-refractivity contribution < 1.29 is 4.42 Å². The number of hydrogen-bond donors (Lipinski definition) is 0. The highest BCUT2D eigenvalue weighted by Crippen LogP contribution is 2.33. The number of aryl methyl sites for hydroxylation is 3. The number of likely N-dealkylation sites (tertiary alicyclic amines) is 1. The number of benzene rings is 1. The first kappa shape index (κ1) is 19.6. The first-order chi connectivity index (χ1) is 14.6. The predicted octanol–water partition coefficient (Wildman–Crippen LogP) is 4.60.